The maximum absolute atomic E-state index is 13.6. The lowest BCUT2D eigenvalue weighted by molar-refractivity contribution is 0.131. The molecule has 1 N–H and O–H groups in total. The van der Waals surface area contributed by atoms with Gasteiger partial charge in [-0.25, -0.2) is 13.8 Å². The molecule has 196 valence electrons. The summed E-state index contributed by atoms with van der Waals surface area (Å²) in [7, 11) is 1.63. The number of carbonyl (C=O) groups is 1. The Hall–Kier alpha value is -3.47. The summed E-state index contributed by atoms with van der Waals surface area (Å²) in [5.74, 6) is 0.177. The number of rotatable bonds is 7. The smallest absolute Gasteiger partial charge is 0.302 e. The molecule has 10 heteroatoms. The van der Waals surface area contributed by atoms with Gasteiger partial charge in [0.05, 0.1) is 18.8 Å². The van der Waals surface area contributed by atoms with Gasteiger partial charge in [-0.15, -0.1) is 11.3 Å². The van der Waals surface area contributed by atoms with E-state index in [-0.39, 0.29) is 22.9 Å². The Bertz CT molecular complexity index is 1310. The summed E-state index contributed by atoms with van der Waals surface area (Å²) in [6.07, 6.45) is 0. The van der Waals surface area contributed by atoms with Crippen LogP contribution < -0.4 is 9.46 Å². The summed E-state index contributed by atoms with van der Waals surface area (Å²) >= 11 is 2.46. The molecule has 0 aliphatic carbocycles. The summed E-state index contributed by atoms with van der Waals surface area (Å²) in [6, 6.07) is 20.3. The molecule has 3 aromatic carbocycles. The van der Waals surface area contributed by atoms with Crippen molar-refractivity contribution in [3.05, 3.63) is 101 Å². The number of nitrogens with zero attached hydrogens (tertiary/aromatic N) is 3. The lowest BCUT2D eigenvalue weighted by Crippen LogP contribution is -2.49. The molecule has 2 heterocycles. The predicted octanol–water partition coefficient (Wildman–Crippen LogP) is 6.68. The minimum absolute atomic E-state index is 0.0778. The van der Waals surface area contributed by atoms with E-state index in [4.69, 9.17) is 4.74 Å². The van der Waals surface area contributed by atoms with Gasteiger partial charge in [0.1, 0.15) is 17.4 Å². The number of thiazole rings is 1. The number of amides is 1. The molecule has 38 heavy (non-hydrogen) atoms. The number of hydrogen-bond donors (Lipinski definition) is 1. The van der Waals surface area contributed by atoms with Crippen molar-refractivity contribution in [3.63, 3.8) is 0 Å². The highest BCUT2D eigenvalue weighted by molar-refractivity contribution is 8.14. The Balaban J connectivity index is 1.19. The molecule has 1 saturated heterocycles. The molecule has 5 rings (SSSR count). The molecular formula is C28H26F2N4O2S2. The van der Waals surface area contributed by atoms with Gasteiger partial charge in [-0.2, -0.15) is 0 Å². The van der Waals surface area contributed by atoms with E-state index in [1.807, 2.05) is 29.6 Å². The number of piperazine rings is 1. The molecule has 0 bridgehead atoms. The van der Waals surface area contributed by atoms with Gasteiger partial charge in [-0.05, 0) is 59.7 Å². The quantitative estimate of drug-likeness (QED) is 0.258. The summed E-state index contributed by atoms with van der Waals surface area (Å²) in [6.45, 7) is 2.35. The number of halogens is 2. The van der Waals surface area contributed by atoms with Gasteiger partial charge < -0.3 is 9.64 Å². The molecule has 0 radical (unpaired) electrons. The first-order valence-electron chi connectivity index (χ1n) is 12.1. The second-order valence-corrected chi connectivity index (χ2v) is 10.4. The zero-order valence-electron chi connectivity index (χ0n) is 20.6. The number of nitrogens with one attached hydrogen (secondary N) is 1. The van der Waals surface area contributed by atoms with E-state index in [2.05, 4.69) is 14.6 Å². The number of aromatic nitrogens is 1. The van der Waals surface area contributed by atoms with Crippen molar-refractivity contribution in [2.24, 2.45) is 0 Å². The average Bonchev–Trinajstić information content (AvgIpc) is 3.43. The van der Waals surface area contributed by atoms with Crippen LogP contribution in [0.25, 0.3) is 11.3 Å². The molecule has 4 aromatic rings. The summed E-state index contributed by atoms with van der Waals surface area (Å²) in [5.41, 5.74) is 3.64. The number of benzene rings is 3. The first kappa shape index (κ1) is 26.1. The van der Waals surface area contributed by atoms with Crippen molar-refractivity contribution in [1.82, 2.24) is 14.8 Å². The first-order valence-corrected chi connectivity index (χ1v) is 13.8. The van der Waals surface area contributed by atoms with Crippen LogP contribution in [0.3, 0.4) is 0 Å². The van der Waals surface area contributed by atoms with Crippen molar-refractivity contribution in [2.45, 2.75) is 6.04 Å². The summed E-state index contributed by atoms with van der Waals surface area (Å²) in [5, 5.41) is 2.52. The Kier molecular flexibility index (Phi) is 8.21. The second-order valence-electron chi connectivity index (χ2n) is 8.77. The summed E-state index contributed by atoms with van der Waals surface area (Å²) < 4.78 is 35.4. The van der Waals surface area contributed by atoms with Crippen molar-refractivity contribution in [2.75, 3.05) is 38.0 Å². The molecule has 1 amide bonds. The van der Waals surface area contributed by atoms with E-state index < -0.39 is 0 Å². The van der Waals surface area contributed by atoms with E-state index >= 15 is 0 Å². The van der Waals surface area contributed by atoms with Crippen LogP contribution in [0.1, 0.15) is 17.2 Å². The number of ether oxygens (including phenoxy) is 1. The van der Waals surface area contributed by atoms with Crippen LogP contribution >= 0.6 is 23.3 Å². The van der Waals surface area contributed by atoms with Gasteiger partial charge in [0.25, 0.3) is 0 Å². The van der Waals surface area contributed by atoms with E-state index in [1.165, 1.54) is 35.6 Å². The third-order valence-electron chi connectivity index (χ3n) is 6.42. The minimum Gasteiger partial charge on any atom is -0.497 e. The molecule has 1 fully saturated rings. The van der Waals surface area contributed by atoms with Crippen LogP contribution in [-0.2, 0) is 0 Å². The Morgan fingerprint density at radius 2 is 1.50 bits per heavy atom. The third-order valence-corrected chi connectivity index (χ3v) is 8.04. The molecule has 0 saturated carbocycles. The van der Waals surface area contributed by atoms with Gasteiger partial charge in [0.2, 0.25) is 0 Å². The lowest BCUT2D eigenvalue weighted by Gasteiger charge is -2.39. The number of methoxy groups -OCH3 is 1. The zero-order chi connectivity index (χ0) is 26.5. The van der Waals surface area contributed by atoms with Crippen LogP contribution in [-0.4, -0.2) is 53.3 Å². The second kappa shape index (κ2) is 11.9. The standard InChI is InChI=1S/C28H26F2N4O2S2/c1-36-24-12-6-19(7-13-24)25-18-37-27(31-25)32-38-28(35)34-16-14-33(15-17-34)26(20-2-8-22(29)9-3-20)21-4-10-23(30)11-5-21/h2-13,18,26H,14-17H2,1H3,(H,31,32). The van der Waals surface area contributed by atoms with Gasteiger partial charge in [0.15, 0.2) is 5.13 Å². The molecule has 6 nitrogen and oxygen atoms in total. The number of carbonyl (C=O) groups excluding carboxylic acids is 1. The average molecular weight is 553 g/mol. The zero-order valence-corrected chi connectivity index (χ0v) is 22.3. The molecule has 1 aliphatic heterocycles. The maximum Gasteiger partial charge on any atom is 0.302 e. The minimum atomic E-state index is -0.303. The van der Waals surface area contributed by atoms with Crippen molar-refractivity contribution >= 4 is 33.7 Å². The largest absolute Gasteiger partial charge is 0.497 e. The number of hydrogen-bond acceptors (Lipinski definition) is 7. The fourth-order valence-corrected chi connectivity index (χ4v) is 5.85. The molecule has 1 aromatic heterocycles. The molecule has 0 unspecified atom stereocenters. The first-order chi connectivity index (χ1) is 18.5. The molecule has 0 atom stereocenters. The fourth-order valence-electron chi connectivity index (χ4n) is 4.43. The normalized spacial score (nSPS) is 14.1. The van der Waals surface area contributed by atoms with Gasteiger partial charge in [0, 0.05) is 49.1 Å². The van der Waals surface area contributed by atoms with E-state index in [1.54, 1.807) is 36.3 Å². The Labute approximate surface area is 228 Å². The van der Waals surface area contributed by atoms with E-state index in [0.717, 1.165) is 40.1 Å². The lowest BCUT2D eigenvalue weighted by atomic mass is 9.96. The Morgan fingerprint density at radius 3 is 2.05 bits per heavy atom. The van der Waals surface area contributed by atoms with Crippen LogP contribution in [0.2, 0.25) is 0 Å². The monoisotopic (exact) mass is 552 g/mol. The van der Waals surface area contributed by atoms with Gasteiger partial charge in [-0.1, -0.05) is 24.3 Å². The topological polar surface area (TPSA) is 57.7 Å². The molecule has 0 spiro atoms. The summed E-state index contributed by atoms with van der Waals surface area (Å²) in [4.78, 5) is 21.5. The SMILES string of the molecule is COc1ccc(-c2csc(NSC(=O)N3CCN(C(c4ccc(F)cc4)c4ccc(F)cc4)CC3)n2)cc1. The van der Waals surface area contributed by atoms with Gasteiger partial charge in [-0.3, -0.25) is 14.4 Å². The fraction of sp³-hybridized carbons (Fsp3) is 0.214. The Morgan fingerprint density at radius 1 is 0.921 bits per heavy atom. The van der Waals surface area contributed by atoms with E-state index in [9.17, 15) is 13.6 Å². The number of anilines is 1. The van der Waals surface area contributed by atoms with E-state index in [0.29, 0.717) is 31.3 Å². The van der Waals surface area contributed by atoms with Crippen molar-refractivity contribution in [3.8, 4) is 17.0 Å². The molecular weight excluding hydrogens is 526 g/mol. The highest BCUT2D eigenvalue weighted by atomic mass is 32.2. The van der Waals surface area contributed by atoms with Crippen LogP contribution in [0.15, 0.2) is 78.2 Å². The van der Waals surface area contributed by atoms with Gasteiger partial charge >= 0.3 is 5.24 Å². The van der Waals surface area contributed by atoms with Crippen molar-refractivity contribution in [1.29, 1.82) is 0 Å². The predicted molar refractivity (Wildman–Crippen MR) is 149 cm³/mol. The highest BCUT2D eigenvalue weighted by Crippen LogP contribution is 2.31. The highest BCUT2D eigenvalue weighted by Gasteiger charge is 2.28. The van der Waals surface area contributed by atoms with Crippen LogP contribution in [0.5, 0.6) is 5.75 Å². The molecule has 1 aliphatic rings. The maximum atomic E-state index is 13.6. The van der Waals surface area contributed by atoms with Crippen molar-refractivity contribution < 1.29 is 18.3 Å². The van der Waals surface area contributed by atoms with Crippen LogP contribution in [0, 0.1) is 11.6 Å². The third kappa shape index (κ3) is 6.15. The van der Waals surface area contributed by atoms with Crippen LogP contribution in [0.4, 0.5) is 18.7 Å².